The predicted molar refractivity (Wildman–Crippen MR) is 85.2 cm³/mol. The minimum absolute atomic E-state index is 0.104. The number of benzene rings is 2. The van der Waals surface area contributed by atoms with Gasteiger partial charge < -0.3 is 0 Å². The summed E-state index contributed by atoms with van der Waals surface area (Å²) in [5, 5.41) is 19.1. The van der Waals surface area contributed by atoms with Gasteiger partial charge in [0.05, 0.1) is 12.8 Å². The number of fused-ring (bicyclic) bond motifs is 2. The van der Waals surface area contributed by atoms with Gasteiger partial charge in [-0.3, -0.25) is 29.6 Å². The summed E-state index contributed by atoms with van der Waals surface area (Å²) in [7, 11) is 0. The second-order valence-corrected chi connectivity index (χ2v) is 6.12. The third kappa shape index (κ3) is 2.32. The van der Waals surface area contributed by atoms with Crippen molar-refractivity contribution in [3.63, 3.8) is 0 Å². The number of carbonyl (C=O) groups is 4. The van der Waals surface area contributed by atoms with Gasteiger partial charge in [-0.2, -0.15) is 10.1 Å². The summed E-state index contributed by atoms with van der Waals surface area (Å²) in [5.41, 5.74) is 2.88. The van der Waals surface area contributed by atoms with Gasteiger partial charge in [-0.05, 0) is 46.5 Å². The number of amides is 4. The fourth-order valence-electron chi connectivity index (χ4n) is 3.19. The first kappa shape index (κ1) is 16.1. The van der Waals surface area contributed by atoms with Crippen LogP contribution in [0.3, 0.4) is 0 Å². The van der Waals surface area contributed by atoms with Crippen molar-refractivity contribution in [3.05, 3.63) is 58.7 Å². The predicted octanol–water partition coefficient (Wildman–Crippen LogP) is 1.18. The van der Waals surface area contributed by atoms with Gasteiger partial charge in [0.2, 0.25) is 0 Å². The Morgan fingerprint density at radius 2 is 1.04 bits per heavy atom. The molecule has 2 aromatic carbocycles. The Kier molecular flexibility index (Phi) is 3.46. The van der Waals surface area contributed by atoms with Crippen LogP contribution in [0.1, 0.15) is 31.8 Å². The van der Waals surface area contributed by atoms with Gasteiger partial charge in [-0.1, -0.05) is 12.1 Å². The molecule has 130 valence electrons. The third-order valence-corrected chi connectivity index (χ3v) is 4.55. The molecular weight excluding hydrogens is 340 g/mol. The maximum atomic E-state index is 11.9. The summed E-state index contributed by atoms with van der Waals surface area (Å²) in [6.07, 6.45) is -0.209. The normalized spacial score (nSPS) is 16.7. The van der Waals surface area contributed by atoms with E-state index in [9.17, 15) is 29.6 Å². The maximum Gasteiger partial charge on any atom is 0.284 e. The lowest BCUT2D eigenvalue weighted by Gasteiger charge is -2.23. The number of nitrogens with zero attached hydrogens (tertiary/aromatic N) is 2. The molecule has 2 aliphatic rings. The van der Waals surface area contributed by atoms with Crippen LogP contribution in [0, 0.1) is 0 Å². The Morgan fingerprint density at radius 1 is 0.654 bits per heavy atom. The van der Waals surface area contributed by atoms with E-state index in [1.165, 1.54) is 12.1 Å². The largest absolute Gasteiger partial charge is 0.284 e. The first-order chi connectivity index (χ1) is 12.4. The number of hydroxylamine groups is 4. The number of rotatable bonds is 1. The smallest absolute Gasteiger partial charge is 0.278 e. The van der Waals surface area contributed by atoms with Crippen LogP contribution in [0.5, 0.6) is 0 Å². The topological polar surface area (TPSA) is 115 Å². The van der Waals surface area contributed by atoms with E-state index in [1.807, 2.05) is 0 Å². The summed E-state index contributed by atoms with van der Waals surface area (Å²) in [6, 6.07) is 9.71. The molecular formula is C18H12N2O6. The molecule has 0 saturated carbocycles. The first-order valence-electron chi connectivity index (χ1n) is 7.75. The van der Waals surface area contributed by atoms with E-state index in [0.717, 1.165) is 0 Å². The molecule has 8 nitrogen and oxygen atoms in total. The zero-order valence-electron chi connectivity index (χ0n) is 13.3. The molecule has 0 aliphatic carbocycles. The Balaban J connectivity index is 1.76. The molecule has 0 aromatic heterocycles. The number of hydrogen-bond donors (Lipinski definition) is 2. The maximum absolute atomic E-state index is 11.9. The van der Waals surface area contributed by atoms with E-state index < -0.39 is 23.6 Å². The Morgan fingerprint density at radius 3 is 1.42 bits per heavy atom. The van der Waals surface area contributed by atoms with Crippen LogP contribution in [0.4, 0.5) is 0 Å². The highest BCUT2D eigenvalue weighted by Gasteiger charge is 2.31. The second-order valence-electron chi connectivity index (χ2n) is 6.12. The molecule has 2 N–H and O–H groups in total. The lowest BCUT2D eigenvalue weighted by molar-refractivity contribution is -0.154. The molecule has 26 heavy (non-hydrogen) atoms. The van der Waals surface area contributed by atoms with E-state index in [0.29, 0.717) is 22.3 Å². The van der Waals surface area contributed by atoms with Crippen LogP contribution in [-0.4, -0.2) is 44.2 Å². The van der Waals surface area contributed by atoms with Gasteiger partial charge in [-0.25, -0.2) is 0 Å². The molecule has 2 aromatic rings. The van der Waals surface area contributed by atoms with E-state index in [4.69, 9.17) is 0 Å². The molecule has 0 unspecified atom stereocenters. The van der Waals surface area contributed by atoms with Crippen molar-refractivity contribution in [2.75, 3.05) is 0 Å². The average Bonchev–Trinajstić information content (AvgIpc) is 2.63. The fraction of sp³-hybridized carbons (Fsp3) is 0.111. The van der Waals surface area contributed by atoms with Crippen molar-refractivity contribution >= 4 is 23.6 Å². The van der Waals surface area contributed by atoms with Crippen LogP contribution >= 0.6 is 0 Å². The molecule has 4 rings (SSSR count). The second kappa shape index (κ2) is 5.58. The molecule has 8 heteroatoms. The number of hydrogen-bond acceptors (Lipinski definition) is 6. The van der Waals surface area contributed by atoms with Crippen LogP contribution in [-0.2, 0) is 22.4 Å². The minimum atomic E-state index is -0.771. The summed E-state index contributed by atoms with van der Waals surface area (Å²) in [5.74, 6) is -2.95. The molecule has 4 amide bonds. The third-order valence-electron chi connectivity index (χ3n) is 4.55. The SMILES string of the molecule is O=C1Cc2cc(-c3ccc4c(c3)CC(=O)N(O)C4=O)ccc2C(=O)N1O. The van der Waals surface area contributed by atoms with E-state index in [-0.39, 0.29) is 34.1 Å². The monoisotopic (exact) mass is 352 g/mol. The Hall–Kier alpha value is -3.36. The molecule has 2 heterocycles. The van der Waals surface area contributed by atoms with Crippen molar-refractivity contribution in [3.8, 4) is 11.1 Å². The standard InChI is InChI=1S/C18H12N2O6/c21-15-7-11-5-9(1-3-13(11)17(23)19(15)25)10-2-4-14-12(6-10)8-16(22)20(26)18(14)24/h1-6,25-26H,7-8H2. The summed E-state index contributed by atoms with van der Waals surface area (Å²) in [6.45, 7) is 0. The Labute approximate surface area is 146 Å². The lowest BCUT2D eigenvalue weighted by atomic mass is 9.91. The van der Waals surface area contributed by atoms with E-state index >= 15 is 0 Å². The van der Waals surface area contributed by atoms with Gasteiger partial charge >= 0.3 is 0 Å². The van der Waals surface area contributed by atoms with E-state index in [1.54, 1.807) is 24.3 Å². The first-order valence-corrected chi connectivity index (χ1v) is 7.75. The highest BCUT2D eigenvalue weighted by Crippen LogP contribution is 2.29. The molecule has 0 radical (unpaired) electrons. The van der Waals surface area contributed by atoms with Crippen molar-refractivity contribution in [1.82, 2.24) is 10.1 Å². The molecule has 0 bridgehead atoms. The van der Waals surface area contributed by atoms with E-state index in [2.05, 4.69) is 0 Å². The fourth-order valence-corrected chi connectivity index (χ4v) is 3.19. The van der Waals surface area contributed by atoms with Crippen LogP contribution < -0.4 is 0 Å². The molecule has 0 saturated heterocycles. The molecule has 2 aliphatic heterocycles. The highest BCUT2D eigenvalue weighted by molar-refractivity contribution is 6.10. The van der Waals surface area contributed by atoms with Crippen LogP contribution in [0.15, 0.2) is 36.4 Å². The summed E-state index contributed by atoms with van der Waals surface area (Å²) < 4.78 is 0. The van der Waals surface area contributed by atoms with Crippen molar-refractivity contribution in [2.45, 2.75) is 12.8 Å². The van der Waals surface area contributed by atoms with Gasteiger partial charge in [0.1, 0.15) is 0 Å². The molecule has 0 spiro atoms. The molecule has 0 atom stereocenters. The highest BCUT2D eigenvalue weighted by atomic mass is 16.5. The average molecular weight is 352 g/mol. The Bertz CT molecular complexity index is 931. The quantitative estimate of drug-likeness (QED) is 0.588. The zero-order valence-corrected chi connectivity index (χ0v) is 13.3. The zero-order chi connectivity index (χ0) is 18.6. The number of carbonyl (C=O) groups excluding carboxylic acids is 4. The number of imide groups is 2. The van der Waals surface area contributed by atoms with Crippen LogP contribution in [0.2, 0.25) is 0 Å². The van der Waals surface area contributed by atoms with Crippen LogP contribution in [0.25, 0.3) is 11.1 Å². The summed E-state index contributed by atoms with van der Waals surface area (Å²) in [4.78, 5) is 47.2. The lowest BCUT2D eigenvalue weighted by Crippen LogP contribution is -2.39. The van der Waals surface area contributed by atoms with Gasteiger partial charge in [0.15, 0.2) is 0 Å². The van der Waals surface area contributed by atoms with Gasteiger partial charge in [0.25, 0.3) is 23.6 Å². The van der Waals surface area contributed by atoms with Crippen molar-refractivity contribution < 1.29 is 29.6 Å². The van der Waals surface area contributed by atoms with Crippen molar-refractivity contribution in [1.29, 1.82) is 0 Å². The van der Waals surface area contributed by atoms with Gasteiger partial charge in [-0.15, -0.1) is 0 Å². The summed E-state index contributed by atoms with van der Waals surface area (Å²) >= 11 is 0. The van der Waals surface area contributed by atoms with Gasteiger partial charge in [0, 0.05) is 11.1 Å². The molecule has 0 fully saturated rings. The minimum Gasteiger partial charge on any atom is -0.278 e. The van der Waals surface area contributed by atoms with Crippen molar-refractivity contribution in [2.24, 2.45) is 0 Å².